The second kappa shape index (κ2) is 2.68. The Morgan fingerprint density at radius 1 is 1.23 bits per heavy atom. The van der Waals surface area contributed by atoms with Crippen LogP contribution in [0.25, 0.3) is 0 Å². The minimum Gasteiger partial charge on any atom is -0.270 e. The molecule has 0 aromatic carbocycles. The van der Waals surface area contributed by atoms with Gasteiger partial charge in [-0.15, -0.1) is 0 Å². The van der Waals surface area contributed by atoms with Crippen molar-refractivity contribution < 1.29 is 22.0 Å². The predicted molar refractivity (Wildman–Crippen MR) is 32.9 cm³/mol. The van der Waals surface area contributed by atoms with E-state index < -0.39 is 17.8 Å². The van der Waals surface area contributed by atoms with Gasteiger partial charge in [0.1, 0.15) is 5.69 Å². The highest BCUT2D eigenvalue weighted by atomic mass is 19.4. The van der Waals surface area contributed by atoms with Crippen LogP contribution in [0.5, 0.6) is 0 Å². The van der Waals surface area contributed by atoms with Gasteiger partial charge in [-0.2, -0.15) is 27.1 Å². The van der Waals surface area contributed by atoms with E-state index in [0.29, 0.717) is 10.7 Å². The largest absolute Gasteiger partial charge is 0.459 e. The zero-order chi connectivity index (χ0) is 10.3. The first-order valence-corrected chi connectivity index (χ1v) is 3.06. The molecule has 0 atom stereocenters. The van der Waals surface area contributed by atoms with Crippen molar-refractivity contribution in [3.05, 3.63) is 25.0 Å². The molecule has 0 saturated heterocycles. The zero-order valence-corrected chi connectivity index (χ0v) is 6.15. The lowest BCUT2D eigenvalue weighted by atomic mass is 10.2. The average molecular weight is 199 g/mol. The Morgan fingerprint density at radius 2 is 1.77 bits per heavy atom. The van der Waals surface area contributed by atoms with Crippen LogP contribution < -0.4 is 0 Å². The molecule has 1 aromatic rings. The van der Waals surface area contributed by atoms with E-state index in [9.17, 15) is 22.0 Å². The fourth-order valence-electron chi connectivity index (χ4n) is 0.674. The third-order valence-corrected chi connectivity index (χ3v) is 1.32. The molecule has 2 nitrogen and oxygen atoms in total. The number of alkyl halides is 5. The molecule has 0 bridgehead atoms. The number of aromatic nitrogens is 2. The lowest BCUT2D eigenvalue weighted by Gasteiger charge is -2.16. The van der Waals surface area contributed by atoms with E-state index in [-0.39, 0.29) is 0 Å². The zero-order valence-electron chi connectivity index (χ0n) is 6.15. The molecule has 13 heavy (non-hydrogen) atoms. The predicted octanol–water partition coefficient (Wildman–Crippen LogP) is 2.18. The van der Waals surface area contributed by atoms with E-state index in [1.807, 2.05) is 0 Å². The van der Waals surface area contributed by atoms with E-state index in [0.717, 1.165) is 6.20 Å². The molecule has 1 heterocycles. The van der Waals surface area contributed by atoms with Crippen molar-refractivity contribution in [2.75, 3.05) is 0 Å². The van der Waals surface area contributed by atoms with Crippen molar-refractivity contribution in [1.82, 2.24) is 9.78 Å². The summed E-state index contributed by atoms with van der Waals surface area (Å²) in [5, 5.41) is 2.88. The van der Waals surface area contributed by atoms with E-state index in [1.165, 1.54) is 0 Å². The van der Waals surface area contributed by atoms with Crippen molar-refractivity contribution in [3.8, 4) is 0 Å². The summed E-state index contributed by atoms with van der Waals surface area (Å²) >= 11 is 0. The van der Waals surface area contributed by atoms with Crippen LogP contribution >= 0.6 is 0 Å². The topological polar surface area (TPSA) is 17.8 Å². The average Bonchev–Trinajstić information content (AvgIpc) is 2.33. The maximum absolute atomic E-state index is 12.4. The maximum Gasteiger partial charge on any atom is 0.459 e. The molecule has 0 aliphatic rings. The van der Waals surface area contributed by atoms with Gasteiger partial charge in [0.25, 0.3) is 0 Å². The number of halogens is 5. The lowest BCUT2D eigenvalue weighted by Crippen LogP contribution is -2.34. The van der Waals surface area contributed by atoms with E-state index in [1.54, 1.807) is 0 Å². The summed E-state index contributed by atoms with van der Waals surface area (Å²) in [5.74, 6) is -4.92. The maximum atomic E-state index is 12.4. The molecule has 1 radical (unpaired) electrons. The molecule has 0 fully saturated rings. The van der Waals surface area contributed by atoms with Gasteiger partial charge in [0.15, 0.2) is 0 Å². The van der Waals surface area contributed by atoms with Gasteiger partial charge >= 0.3 is 12.1 Å². The van der Waals surface area contributed by atoms with Crippen molar-refractivity contribution in [2.24, 2.45) is 0 Å². The molecule has 1 aromatic heterocycles. The molecule has 0 aliphatic carbocycles. The Kier molecular flexibility index (Phi) is 2.05. The first kappa shape index (κ1) is 9.94. The highest BCUT2D eigenvalue weighted by molar-refractivity contribution is 5.09. The van der Waals surface area contributed by atoms with Gasteiger partial charge in [0, 0.05) is 6.20 Å². The minimum atomic E-state index is -5.62. The molecule has 0 spiro atoms. The summed E-state index contributed by atoms with van der Waals surface area (Å²) in [6.07, 6.45) is -4.71. The Morgan fingerprint density at radius 3 is 2.08 bits per heavy atom. The summed E-state index contributed by atoms with van der Waals surface area (Å²) in [6.45, 7) is 0. The normalized spacial score (nSPS) is 13.4. The van der Waals surface area contributed by atoms with Gasteiger partial charge in [-0.25, -0.2) is 0 Å². The second-order valence-electron chi connectivity index (χ2n) is 2.31. The van der Waals surface area contributed by atoms with Gasteiger partial charge in [0.2, 0.25) is 0 Å². The van der Waals surface area contributed by atoms with Crippen LogP contribution in [0.2, 0.25) is 0 Å². The van der Waals surface area contributed by atoms with E-state index in [4.69, 9.17) is 0 Å². The molecule has 0 unspecified atom stereocenters. The molecule has 0 aliphatic heterocycles. The van der Waals surface area contributed by atoms with Gasteiger partial charge < -0.3 is 0 Å². The summed E-state index contributed by atoms with van der Waals surface area (Å²) in [4.78, 5) is 0. The van der Waals surface area contributed by atoms with Crippen LogP contribution in [0.3, 0.4) is 0 Å². The number of rotatable bonds is 1. The van der Waals surface area contributed by atoms with Crippen molar-refractivity contribution >= 4 is 0 Å². The Labute approximate surface area is 70.0 Å². The van der Waals surface area contributed by atoms with Gasteiger partial charge in [-0.3, -0.25) is 4.68 Å². The fraction of sp³-hybridized carbons (Fsp3) is 0.333. The number of hydrogen-bond acceptors (Lipinski definition) is 1. The molecule has 7 heteroatoms. The highest BCUT2D eigenvalue weighted by Gasteiger charge is 2.60. The Bertz CT molecular complexity index is 300. The third kappa shape index (κ3) is 1.63. The minimum absolute atomic E-state index is 0.570. The fourth-order valence-corrected chi connectivity index (χ4v) is 0.674. The number of hydrogen-bond donors (Lipinski definition) is 0. The molecular weight excluding hydrogens is 195 g/mol. The van der Waals surface area contributed by atoms with Gasteiger partial charge in [-0.1, -0.05) is 0 Å². The lowest BCUT2D eigenvalue weighted by molar-refractivity contribution is -0.291. The van der Waals surface area contributed by atoms with Crippen molar-refractivity contribution in [3.63, 3.8) is 0 Å². The van der Waals surface area contributed by atoms with Crippen LogP contribution in [0.1, 0.15) is 5.69 Å². The van der Waals surface area contributed by atoms with Crippen LogP contribution in [0, 0.1) is 7.05 Å². The molecule has 73 valence electrons. The first-order chi connectivity index (χ1) is 5.75. The summed E-state index contributed by atoms with van der Waals surface area (Å²) in [6, 6.07) is 0.570. The molecule has 0 amide bonds. The quantitative estimate of drug-likeness (QED) is 0.634. The standard InChI is InChI=1S/C6H4F5N2/c1-13-3-2-4(12-13)5(7,8)6(9,10)11/h2-3H,1H2. The highest BCUT2D eigenvalue weighted by Crippen LogP contribution is 2.42. The summed E-state index contributed by atoms with van der Waals surface area (Å²) in [7, 11) is 3.04. The summed E-state index contributed by atoms with van der Waals surface area (Å²) in [5.41, 5.74) is -1.35. The van der Waals surface area contributed by atoms with Gasteiger partial charge in [-0.05, 0) is 6.07 Å². The monoisotopic (exact) mass is 199 g/mol. The van der Waals surface area contributed by atoms with E-state index in [2.05, 4.69) is 12.1 Å². The van der Waals surface area contributed by atoms with Crippen molar-refractivity contribution in [1.29, 1.82) is 0 Å². The SMILES string of the molecule is [CH2]n1ccc(C(F)(F)C(F)(F)F)n1. The van der Waals surface area contributed by atoms with Crippen molar-refractivity contribution in [2.45, 2.75) is 12.1 Å². The van der Waals surface area contributed by atoms with Crippen LogP contribution in [0.15, 0.2) is 12.3 Å². The Balaban J connectivity index is 3.07. The molecule has 0 N–H and O–H groups in total. The Hall–Kier alpha value is -1.14. The first-order valence-electron chi connectivity index (χ1n) is 3.06. The second-order valence-corrected chi connectivity index (χ2v) is 2.31. The molecule has 0 saturated carbocycles. The molecule has 1 rings (SSSR count). The third-order valence-electron chi connectivity index (χ3n) is 1.32. The molecular formula is C6H4F5N2. The summed E-state index contributed by atoms with van der Waals surface area (Å²) < 4.78 is 60.7. The van der Waals surface area contributed by atoms with Crippen LogP contribution in [-0.2, 0) is 5.92 Å². The van der Waals surface area contributed by atoms with Gasteiger partial charge in [0.05, 0.1) is 7.05 Å². The van der Waals surface area contributed by atoms with Crippen LogP contribution in [0.4, 0.5) is 22.0 Å². The van der Waals surface area contributed by atoms with E-state index >= 15 is 0 Å². The smallest absolute Gasteiger partial charge is 0.270 e. The number of nitrogens with zero attached hydrogens (tertiary/aromatic N) is 2. The van der Waals surface area contributed by atoms with Crippen LogP contribution in [-0.4, -0.2) is 16.0 Å².